The molecule has 1 heterocycles. The van der Waals surface area contributed by atoms with Gasteiger partial charge in [0.05, 0.1) is 12.5 Å². The molecular formula is C16H21FN2O2. The molecule has 0 bridgehead atoms. The van der Waals surface area contributed by atoms with E-state index in [-0.39, 0.29) is 24.1 Å². The number of amides is 1. The predicted octanol–water partition coefficient (Wildman–Crippen LogP) is 2.37. The molecule has 0 aliphatic heterocycles. The number of aliphatic hydroxyl groups excluding tert-OH is 1. The summed E-state index contributed by atoms with van der Waals surface area (Å²) in [6.45, 7) is 4.34. The van der Waals surface area contributed by atoms with Gasteiger partial charge in [0.25, 0.3) is 0 Å². The monoisotopic (exact) mass is 292 g/mol. The van der Waals surface area contributed by atoms with Crippen LogP contribution >= 0.6 is 0 Å². The van der Waals surface area contributed by atoms with Gasteiger partial charge >= 0.3 is 0 Å². The molecule has 4 nitrogen and oxygen atoms in total. The van der Waals surface area contributed by atoms with Crippen molar-refractivity contribution in [2.24, 2.45) is 5.92 Å². The lowest BCUT2D eigenvalue weighted by Gasteiger charge is -2.14. The molecule has 0 radical (unpaired) electrons. The van der Waals surface area contributed by atoms with Crippen LogP contribution in [0.3, 0.4) is 0 Å². The van der Waals surface area contributed by atoms with E-state index in [1.54, 1.807) is 12.3 Å². The first-order valence-corrected chi connectivity index (χ1v) is 7.17. The summed E-state index contributed by atoms with van der Waals surface area (Å²) in [6.07, 6.45) is 2.11. The Morgan fingerprint density at radius 2 is 2.19 bits per heavy atom. The zero-order valence-corrected chi connectivity index (χ0v) is 12.3. The van der Waals surface area contributed by atoms with Crippen molar-refractivity contribution >= 4 is 16.8 Å². The van der Waals surface area contributed by atoms with Crippen LogP contribution in [0, 0.1) is 11.7 Å². The summed E-state index contributed by atoms with van der Waals surface area (Å²) in [4.78, 5) is 14.9. The molecule has 0 spiro atoms. The van der Waals surface area contributed by atoms with Gasteiger partial charge in [-0.05, 0) is 36.1 Å². The first-order valence-electron chi connectivity index (χ1n) is 7.17. The third-order valence-electron chi connectivity index (χ3n) is 3.61. The summed E-state index contributed by atoms with van der Waals surface area (Å²) in [7, 11) is 0. The van der Waals surface area contributed by atoms with Gasteiger partial charge in [0.1, 0.15) is 5.82 Å². The third kappa shape index (κ3) is 4.04. The Labute approximate surface area is 123 Å². The van der Waals surface area contributed by atoms with E-state index in [1.165, 1.54) is 12.1 Å². The fraction of sp³-hybridized carbons (Fsp3) is 0.438. The van der Waals surface area contributed by atoms with Crippen LogP contribution in [0.1, 0.15) is 25.8 Å². The minimum atomic E-state index is -0.402. The number of rotatable bonds is 6. The van der Waals surface area contributed by atoms with E-state index in [2.05, 4.69) is 10.3 Å². The zero-order valence-electron chi connectivity index (χ0n) is 12.3. The third-order valence-corrected chi connectivity index (χ3v) is 3.61. The summed E-state index contributed by atoms with van der Waals surface area (Å²) in [5.41, 5.74) is 1.53. The van der Waals surface area contributed by atoms with Crippen LogP contribution in [-0.4, -0.2) is 28.6 Å². The molecule has 0 saturated heterocycles. The van der Waals surface area contributed by atoms with Gasteiger partial charge in [-0.1, -0.05) is 13.8 Å². The van der Waals surface area contributed by atoms with Gasteiger partial charge in [-0.2, -0.15) is 0 Å². The summed E-state index contributed by atoms with van der Waals surface area (Å²) < 4.78 is 13.1. The van der Waals surface area contributed by atoms with Gasteiger partial charge in [0.15, 0.2) is 0 Å². The van der Waals surface area contributed by atoms with Crippen molar-refractivity contribution in [3.05, 3.63) is 35.8 Å². The van der Waals surface area contributed by atoms with Crippen molar-refractivity contribution in [2.45, 2.75) is 32.8 Å². The van der Waals surface area contributed by atoms with E-state index in [4.69, 9.17) is 0 Å². The van der Waals surface area contributed by atoms with Crippen LogP contribution < -0.4 is 5.32 Å². The molecule has 3 N–H and O–H groups in total. The van der Waals surface area contributed by atoms with Gasteiger partial charge in [-0.3, -0.25) is 4.79 Å². The van der Waals surface area contributed by atoms with E-state index < -0.39 is 6.10 Å². The van der Waals surface area contributed by atoms with Gasteiger partial charge in [-0.25, -0.2) is 4.39 Å². The van der Waals surface area contributed by atoms with E-state index in [1.807, 2.05) is 13.8 Å². The number of H-pyrrole nitrogens is 1. The summed E-state index contributed by atoms with van der Waals surface area (Å²) in [5.74, 6) is -0.218. The molecule has 0 aliphatic carbocycles. The maximum absolute atomic E-state index is 13.1. The molecule has 2 rings (SSSR count). The van der Waals surface area contributed by atoms with Crippen molar-refractivity contribution in [2.75, 3.05) is 6.54 Å². The molecule has 0 fully saturated rings. The molecule has 1 aromatic heterocycles. The highest BCUT2D eigenvalue weighted by molar-refractivity contribution is 5.88. The highest BCUT2D eigenvalue weighted by atomic mass is 19.1. The minimum Gasteiger partial charge on any atom is -0.393 e. The standard InChI is InChI=1S/C16H21FN2O2/c1-10(2)15(20)5-6-18-16(21)7-11-9-19-14-8-12(17)3-4-13(11)14/h3-4,8-10,15,19-20H,5-7H2,1-2H3,(H,18,21). The summed E-state index contributed by atoms with van der Waals surface area (Å²) >= 11 is 0. The van der Waals surface area contributed by atoms with Gasteiger partial charge < -0.3 is 15.4 Å². The number of aromatic amines is 1. The fourth-order valence-corrected chi connectivity index (χ4v) is 2.23. The van der Waals surface area contributed by atoms with E-state index in [0.717, 1.165) is 10.9 Å². The zero-order chi connectivity index (χ0) is 15.4. The van der Waals surface area contributed by atoms with Gasteiger partial charge in [-0.15, -0.1) is 0 Å². The molecule has 1 amide bonds. The molecule has 1 aromatic carbocycles. The number of carbonyl (C=O) groups is 1. The van der Waals surface area contributed by atoms with Crippen molar-refractivity contribution < 1.29 is 14.3 Å². The molecule has 114 valence electrons. The van der Waals surface area contributed by atoms with Crippen molar-refractivity contribution in [3.8, 4) is 0 Å². The highest BCUT2D eigenvalue weighted by Gasteiger charge is 2.11. The van der Waals surface area contributed by atoms with E-state index >= 15 is 0 Å². The lowest BCUT2D eigenvalue weighted by atomic mass is 10.0. The molecule has 1 unspecified atom stereocenters. The molecule has 21 heavy (non-hydrogen) atoms. The number of hydrogen-bond donors (Lipinski definition) is 3. The second-order valence-corrected chi connectivity index (χ2v) is 5.63. The highest BCUT2D eigenvalue weighted by Crippen LogP contribution is 2.19. The maximum atomic E-state index is 13.1. The molecule has 0 saturated carbocycles. The number of nitrogens with one attached hydrogen (secondary N) is 2. The first kappa shape index (κ1) is 15.5. The second-order valence-electron chi connectivity index (χ2n) is 5.63. The molecule has 5 heteroatoms. The number of halogens is 1. The van der Waals surface area contributed by atoms with Crippen LogP contribution in [0.15, 0.2) is 24.4 Å². The normalized spacial score (nSPS) is 12.8. The summed E-state index contributed by atoms with van der Waals surface area (Å²) in [6, 6.07) is 4.47. The Hall–Kier alpha value is -1.88. The SMILES string of the molecule is CC(C)C(O)CCNC(=O)Cc1c[nH]c2cc(F)ccc12. The van der Waals surface area contributed by atoms with Crippen molar-refractivity contribution in [1.82, 2.24) is 10.3 Å². The fourth-order valence-electron chi connectivity index (χ4n) is 2.23. The number of aromatic nitrogens is 1. The number of aliphatic hydroxyl groups is 1. The van der Waals surface area contributed by atoms with Crippen LogP contribution in [0.2, 0.25) is 0 Å². The number of carbonyl (C=O) groups excluding carboxylic acids is 1. The predicted molar refractivity (Wildman–Crippen MR) is 80.4 cm³/mol. The lowest BCUT2D eigenvalue weighted by molar-refractivity contribution is -0.120. The van der Waals surface area contributed by atoms with Crippen LogP contribution in [0.5, 0.6) is 0 Å². The number of benzene rings is 1. The first-order chi connectivity index (χ1) is 9.97. The van der Waals surface area contributed by atoms with Crippen molar-refractivity contribution in [1.29, 1.82) is 0 Å². The maximum Gasteiger partial charge on any atom is 0.224 e. The quantitative estimate of drug-likeness (QED) is 0.765. The Kier molecular flexibility index (Phi) is 4.96. The van der Waals surface area contributed by atoms with E-state index in [9.17, 15) is 14.3 Å². The number of fused-ring (bicyclic) bond motifs is 1. The second kappa shape index (κ2) is 6.72. The Morgan fingerprint density at radius 1 is 1.43 bits per heavy atom. The molecule has 1 atom stereocenters. The Bertz CT molecular complexity index is 622. The van der Waals surface area contributed by atoms with E-state index in [0.29, 0.717) is 18.5 Å². The Morgan fingerprint density at radius 3 is 2.90 bits per heavy atom. The number of hydrogen-bond acceptors (Lipinski definition) is 2. The van der Waals surface area contributed by atoms with Gasteiger partial charge in [0.2, 0.25) is 5.91 Å². The van der Waals surface area contributed by atoms with Crippen molar-refractivity contribution in [3.63, 3.8) is 0 Å². The average molecular weight is 292 g/mol. The smallest absolute Gasteiger partial charge is 0.224 e. The molecule has 0 aliphatic rings. The topological polar surface area (TPSA) is 65.1 Å². The average Bonchev–Trinajstić information content (AvgIpc) is 2.80. The summed E-state index contributed by atoms with van der Waals surface area (Å²) in [5, 5.41) is 13.3. The van der Waals surface area contributed by atoms with Crippen LogP contribution in [0.25, 0.3) is 10.9 Å². The molecule has 2 aromatic rings. The van der Waals surface area contributed by atoms with Crippen LogP contribution in [-0.2, 0) is 11.2 Å². The molecular weight excluding hydrogens is 271 g/mol. The van der Waals surface area contributed by atoms with Gasteiger partial charge in [0, 0.05) is 23.6 Å². The minimum absolute atomic E-state index is 0.101. The van der Waals surface area contributed by atoms with Crippen LogP contribution in [0.4, 0.5) is 4.39 Å². The largest absolute Gasteiger partial charge is 0.393 e. The Balaban J connectivity index is 1.90. The lowest BCUT2D eigenvalue weighted by Crippen LogP contribution is -2.29.